The topological polar surface area (TPSA) is 138 Å². The van der Waals surface area contributed by atoms with E-state index in [2.05, 4.69) is 0 Å². The molecule has 0 radical (unpaired) electrons. The van der Waals surface area contributed by atoms with Crippen molar-refractivity contribution in [2.75, 3.05) is 6.61 Å². The summed E-state index contributed by atoms with van der Waals surface area (Å²) in [6.45, 7) is -6.04. The Balaban J connectivity index is 1.35. The number of ether oxygens (including phenoxy) is 1. The summed E-state index contributed by atoms with van der Waals surface area (Å²) in [6, 6.07) is 33.9. The van der Waals surface area contributed by atoms with Gasteiger partial charge in [-0.05, 0) is 33.4 Å². The third kappa shape index (κ3) is 5.04. The maximum Gasteiger partial charge on any atom is 0.411 e. The van der Waals surface area contributed by atoms with E-state index >= 15 is 0 Å². The molecule has 3 aliphatic rings. The number of aliphatic hydroxyl groups excluding tert-OH is 2. The largest absolute Gasteiger partial charge is 0.556 e. The van der Waals surface area contributed by atoms with Crippen LogP contribution in [0, 0.1) is 0 Å². The molecule has 3 heterocycles. The number of aliphatic hydroxyl groups is 2. The molecule has 0 saturated carbocycles. The number of hydrogen-bond acceptors (Lipinski definition) is 9. The molecule has 3 aliphatic heterocycles. The van der Waals surface area contributed by atoms with Gasteiger partial charge in [-0.2, -0.15) is 0 Å². The fourth-order valence-corrected chi connectivity index (χ4v) is 6.18. The van der Waals surface area contributed by atoms with Crippen LogP contribution >= 0.6 is 0 Å². The third-order valence-electron chi connectivity index (χ3n) is 8.40. The average molecular weight is 580 g/mol. The van der Waals surface area contributed by atoms with Gasteiger partial charge in [-0.3, -0.25) is 0 Å². The van der Waals surface area contributed by atoms with Crippen LogP contribution < -0.4 is 10.9 Å². The van der Waals surface area contributed by atoms with E-state index in [0.717, 1.165) is 33.4 Å². The van der Waals surface area contributed by atoms with Crippen LogP contribution in [0.4, 0.5) is 0 Å². The number of fused-ring (bicyclic) bond motifs is 2. The van der Waals surface area contributed by atoms with Crippen LogP contribution in [0.15, 0.2) is 109 Å². The van der Waals surface area contributed by atoms with E-state index in [0.29, 0.717) is 5.46 Å². The smallest absolute Gasteiger partial charge is 0.411 e. The van der Waals surface area contributed by atoms with Gasteiger partial charge in [0.25, 0.3) is 0 Å². The Kier molecular flexibility index (Phi) is 7.10. The molecule has 3 saturated heterocycles. The number of hydrogen-bond donors (Lipinski definition) is 5. The van der Waals surface area contributed by atoms with Crippen molar-refractivity contribution in [1.82, 2.24) is 0 Å². The van der Waals surface area contributed by atoms with Crippen molar-refractivity contribution in [3.05, 3.63) is 131 Å². The van der Waals surface area contributed by atoms with Crippen molar-refractivity contribution in [3.8, 4) is 0 Å². The van der Waals surface area contributed by atoms with Crippen LogP contribution in [0.1, 0.15) is 22.3 Å². The van der Waals surface area contributed by atoms with Gasteiger partial charge in [-0.25, -0.2) is 0 Å². The minimum atomic E-state index is -3.63. The Hall–Kier alpha value is -3.61. The zero-order chi connectivity index (χ0) is 29.8. The molecule has 11 heteroatoms. The van der Waals surface area contributed by atoms with Gasteiger partial charge in [0, 0.05) is 6.61 Å². The van der Waals surface area contributed by atoms with Crippen molar-refractivity contribution < 1.29 is 44.0 Å². The Morgan fingerprint density at radius 2 is 1.14 bits per heavy atom. The lowest BCUT2D eigenvalue weighted by Gasteiger charge is -2.43. The molecular weight excluding hydrogens is 550 g/mol. The molecule has 0 aliphatic carbocycles. The molecule has 4 aromatic carbocycles. The molecular formula is C32H30B2O9-2. The summed E-state index contributed by atoms with van der Waals surface area (Å²) < 4.78 is 24.1. The highest BCUT2D eigenvalue weighted by Crippen LogP contribution is 2.40. The van der Waals surface area contributed by atoms with Crippen LogP contribution in [-0.4, -0.2) is 76.1 Å². The second kappa shape index (κ2) is 10.8. The van der Waals surface area contributed by atoms with Gasteiger partial charge in [0.05, 0.1) is 6.10 Å². The molecule has 220 valence electrons. The fraction of sp³-hybridized carbons (Fsp3) is 0.188. The van der Waals surface area contributed by atoms with Crippen molar-refractivity contribution in [2.45, 2.75) is 30.7 Å². The van der Waals surface area contributed by atoms with E-state index in [1.54, 1.807) is 12.1 Å². The summed E-state index contributed by atoms with van der Waals surface area (Å²) in [4.78, 5) is 0. The Bertz CT molecular complexity index is 1620. The summed E-state index contributed by atoms with van der Waals surface area (Å²) in [5.41, 5.74) is 6.03. The highest BCUT2D eigenvalue weighted by Gasteiger charge is 2.57. The number of rotatable bonds is 6. The third-order valence-corrected chi connectivity index (χ3v) is 8.40. The molecule has 6 atom stereocenters. The van der Waals surface area contributed by atoms with Crippen molar-refractivity contribution in [1.29, 1.82) is 0 Å². The molecule has 7 rings (SSSR count). The van der Waals surface area contributed by atoms with Gasteiger partial charge >= 0.3 is 13.5 Å². The molecule has 5 N–H and O–H groups in total. The molecule has 3 unspecified atom stereocenters. The molecule has 0 spiro atoms. The fourth-order valence-electron chi connectivity index (χ4n) is 6.18. The molecule has 9 nitrogen and oxygen atoms in total. The molecule has 4 aromatic rings. The lowest BCUT2D eigenvalue weighted by atomic mass is 9.68. The summed E-state index contributed by atoms with van der Waals surface area (Å²) in [5.74, 6) is 0. The summed E-state index contributed by atoms with van der Waals surface area (Å²) >= 11 is 0. The minimum Gasteiger partial charge on any atom is -0.556 e. The highest BCUT2D eigenvalue weighted by atomic mass is 16.9. The lowest BCUT2D eigenvalue weighted by Crippen LogP contribution is -2.61. The van der Waals surface area contributed by atoms with E-state index in [-0.39, 0.29) is 12.1 Å². The predicted octanol–water partition coefficient (Wildman–Crippen LogP) is 0.855. The molecule has 3 fully saturated rings. The first-order chi connectivity index (χ1) is 20.7. The molecule has 3 bridgehead atoms. The first-order valence-electron chi connectivity index (χ1n) is 14.3. The predicted molar refractivity (Wildman–Crippen MR) is 161 cm³/mol. The van der Waals surface area contributed by atoms with Crippen molar-refractivity contribution in [3.63, 3.8) is 0 Å². The van der Waals surface area contributed by atoms with Gasteiger partial charge < -0.3 is 44.0 Å². The minimum absolute atomic E-state index is 0.00457. The maximum absolute atomic E-state index is 10.6. The van der Waals surface area contributed by atoms with Crippen LogP contribution in [-0.2, 0) is 18.7 Å². The summed E-state index contributed by atoms with van der Waals surface area (Å²) in [7, 11) is 0. The zero-order valence-electron chi connectivity index (χ0n) is 23.0. The Labute approximate surface area is 248 Å². The van der Waals surface area contributed by atoms with Crippen molar-refractivity contribution >= 4 is 35.6 Å². The second-order valence-electron chi connectivity index (χ2n) is 11.2. The number of benzene rings is 4. The summed E-state index contributed by atoms with van der Waals surface area (Å²) in [6.07, 6.45) is -4.74. The molecule has 43 heavy (non-hydrogen) atoms. The Morgan fingerprint density at radius 3 is 1.67 bits per heavy atom. The monoisotopic (exact) mass is 580 g/mol. The quantitative estimate of drug-likeness (QED) is 0.166. The van der Waals surface area contributed by atoms with Crippen LogP contribution in [0.5, 0.6) is 0 Å². The molecule has 0 amide bonds. The average Bonchev–Trinajstić information content (AvgIpc) is 3.31. The van der Waals surface area contributed by atoms with E-state index in [9.17, 15) is 25.3 Å². The van der Waals surface area contributed by atoms with E-state index in [1.165, 1.54) is 12.1 Å². The Morgan fingerprint density at radius 1 is 0.628 bits per heavy atom. The first-order valence-corrected chi connectivity index (χ1v) is 14.3. The maximum atomic E-state index is 10.6. The zero-order valence-corrected chi connectivity index (χ0v) is 23.0. The van der Waals surface area contributed by atoms with Crippen molar-refractivity contribution in [2.24, 2.45) is 0 Å². The van der Waals surface area contributed by atoms with E-state index < -0.39 is 44.2 Å². The SMILES string of the molecule is O[C@@H]1C2CO[B-]3(c4ccc(C(=C(c5ccccc5)c5ccc([B-](O)(O)O)cc5)c5ccccc5)cc4)OC([C@@H](O2)O3)[C@H]1O. The lowest BCUT2D eigenvalue weighted by molar-refractivity contribution is -0.246. The van der Waals surface area contributed by atoms with Crippen LogP contribution in [0.2, 0.25) is 0 Å². The van der Waals surface area contributed by atoms with Gasteiger partial charge in [0.15, 0.2) is 0 Å². The van der Waals surface area contributed by atoms with Gasteiger partial charge in [0.2, 0.25) is 0 Å². The van der Waals surface area contributed by atoms with E-state index in [4.69, 9.17) is 18.7 Å². The normalized spacial score (nSPS) is 28.8. The second-order valence-corrected chi connectivity index (χ2v) is 11.2. The van der Waals surface area contributed by atoms with E-state index in [1.807, 2.05) is 84.9 Å². The van der Waals surface area contributed by atoms with Crippen LogP contribution in [0.25, 0.3) is 11.1 Å². The van der Waals surface area contributed by atoms with Gasteiger partial charge in [-0.1, -0.05) is 109 Å². The van der Waals surface area contributed by atoms with Gasteiger partial charge in [0.1, 0.15) is 24.6 Å². The summed E-state index contributed by atoms with van der Waals surface area (Å²) in [5, 5.41) is 50.2. The van der Waals surface area contributed by atoms with Gasteiger partial charge in [-0.15, -0.1) is 10.9 Å². The highest BCUT2D eigenvalue weighted by molar-refractivity contribution is 6.76. The standard InChI is InChI=1S/C32H30B2O9/c35-29-26-19-40-34(42-31(30(29)36)32(41-26)43-34)25-17-13-23(14-18-25)28(21-9-5-2-6-10-21)27(20-7-3-1-4-8-20)22-11-15-24(16-12-22)33(37,38)39/h1-18,26,29-32,35-39H,19H2/q-2/t26?,29-,30+,31?,32+,34?/m1/s1. The molecule has 0 aromatic heterocycles. The first kappa shape index (κ1) is 28.2. The van der Waals surface area contributed by atoms with Crippen LogP contribution in [0.3, 0.4) is 0 Å².